The molecule has 0 aromatic carbocycles. The molecule has 0 aromatic heterocycles. The van der Waals surface area contributed by atoms with Gasteiger partial charge in [0.2, 0.25) is 5.91 Å². The van der Waals surface area contributed by atoms with E-state index in [1.807, 2.05) is 20.8 Å². The molecular weight excluding hydrogens is 638 g/mol. The number of amides is 1. The van der Waals surface area contributed by atoms with Crippen LogP contribution in [-0.4, -0.2) is 53.7 Å². The largest absolute Gasteiger partial charge is 0.481 e. The Morgan fingerprint density at radius 3 is 2.16 bits per heavy atom. The van der Waals surface area contributed by atoms with E-state index in [1.54, 1.807) is 6.08 Å². The van der Waals surface area contributed by atoms with Gasteiger partial charge in [-0.15, -0.1) is 6.58 Å². The summed E-state index contributed by atoms with van der Waals surface area (Å²) >= 11 is 0. The second-order valence-corrected chi connectivity index (χ2v) is 19.7. The van der Waals surface area contributed by atoms with E-state index in [0.29, 0.717) is 11.8 Å². The molecule has 8 heteroatoms. The number of carboxylic acids is 1. The van der Waals surface area contributed by atoms with Gasteiger partial charge in [0.15, 0.2) is 0 Å². The summed E-state index contributed by atoms with van der Waals surface area (Å²) in [7, 11) is 0. The van der Waals surface area contributed by atoms with Crippen molar-refractivity contribution in [1.29, 1.82) is 0 Å². The van der Waals surface area contributed by atoms with Crippen LogP contribution in [0.25, 0.3) is 0 Å². The number of hydrogen-bond acceptors (Lipinski definition) is 6. The minimum atomic E-state index is -0.891. The van der Waals surface area contributed by atoms with E-state index < -0.39 is 22.3 Å². The summed E-state index contributed by atoms with van der Waals surface area (Å²) < 4.78 is 6.25. The van der Waals surface area contributed by atoms with Gasteiger partial charge in [-0.25, -0.2) is 0 Å². The summed E-state index contributed by atoms with van der Waals surface area (Å²) in [4.78, 5) is 38.8. The summed E-state index contributed by atoms with van der Waals surface area (Å²) in [6.07, 6.45) is 13.4. The molecule has 1 amide bonds. The number of nitrogens with one attached hydrogen (secondary N) is 2. The fourth-order valence-electron chi connectivity index (χ4n) is 13.3. The molecule has 5 fully saturated rings. The predicted octanol–water partition coefficient (Wildman–Crippen LogP) is 8.42. The van der Waals surface area contributed by atoms with E-state index >= 15 is 0 Å². The highest BCUT2D eigenvalue weighted by atomic mass is 16.5. The van der Waals surface area contributed by atoms with Gasteiger partial charge < -0.3 is 26.2 Å². The molecule has 4 aliphatic carbocycles. The smallest absolute Gasteiger partial charge is 0.306 e. The lowest BCUT2D eigenvalue weighted by Crippen LogP contribution is -2.72. The van der Waals surface area contributed by atoms with Crippen molar-refractivity contribution in [3.63, 3.8) is 0 Å². The molecule has 5 N–H and O–H groups in total. The highest BCUT2D eigenvalue weighted by Crippen LogP contribution is 2.74. The van der Waals surface area contributed by atoms with Crippen LogP contribution in [0, 0.1) is 50.2 Å². The molecule has 5 aliphatic rings. The number of rotatable bonds is 9. The Hall–Kier alpha value is -1.93. The van der Waals surface area contributed by atoms with Crippen molar-refractivity contribution < 1.29 is 24.2 Å². The van der Waals surface area contributed by atoms with Crippen LogP contribution in [0.15, 0.2) is 12.7 Å². The SMILES string of the molecule is C=CC.CCC1C2(C)CCC(OC(=O)CC(C)(C)CC(=O)O)C(C)(C)C2CCC1(C)[C@]1(C)CCC2(C(=O)NC3CCNCC3)CCC[C@]2(N)C1C. The number of carbonyl (C=O) groups excluding carboxylic acids is 2. The second-order valence-electron chi connectivity index (χ2n) is 19.7. The molecule has 1 aliphatic heterocycles. The monoisotopic (exact) mass is 714 g/mol. The number of ether oxygens (including phenoxy) is 1. The zero-order valence-electron chi connectivity index (χ0n) is 34.1. The first-order valence-electron chi connectivity index (χ1n) is 20.4. The van der Waals surface area contributed by atoms with E-state index in [4.69, 9.17) is 10.5 Å². The van der Waals surface area contributed by atoms with Gasteiger partial charge >= 0.3 is 11.9 Å². The molecule has 1 heterocycles. The molecule has 8 nitrogen and oxygen atoms in total. The Morgan fingerprint density at radius 2 is 1.57 bits per heavy atom. The van der Waals surface area contributed by atoms with Gasteiger partial charge in [0.1, 0.15) is 6.10 Å². The molecule has 0 bridgehead atoms. The summed E-state index contributed by atoms with van der Waals surface area (Å²) in [5, 5.41) is 16.2. The lowest BCUT2D eigenvalue weighted by molar-refractivity contribution is -0.228. The van der Waals surface area contributed by atoms with Crippen molar-refractivity contribution in [2.24, 2.45) is 56.0 Å². The number of piperidine rings is 1. The van der Waals surface area contributed by atoms with Gasteiger partial charge in [0.05, 0.1) is 18.3 Å². The Morgan fingerprint density at radius 1 is 0.941 bits per heavy atom. The molecular formula is C43H75N3O5. The average Bonchev–Trinajstić information content (AvgIpc) is 3.39. The minimum absolute atomic E-state index is 0.0114. The van der Waals surface area contributed by atoms with Crippen molar-refractivity contribution in [3.8, 4) is 0 Å². The standard InChI is InChI=1S/C40H69N3O5.C3H6/c1-10-28-36(7)18-13-30(48-32(46)25-34(3,4)24-31(44)45)35(5,6)29(36)12-19-38(28,9)37(8)20-21-39(16-11-17-40(39,41)26(37)2)33(47)43-27-14-22-42-23-15-27;1-3-2/h26-30,42H,10-25,41H2,1-9H3,(H,43,47)(H,44,45);3H,1H2,2H3/t26?,28?,29?,30?,36?,37-,38?,39?,40+;/m1./s1. The molecule has 0 radical (unpaired) electrons. The van der Waals surface area contributed by atoms with Crippen molar-refractivity contribution in [1.82, 2.24) is 10.6 Å². The normalized spacial score (nSPS) is 40.8. The van der Waals surface area contributed by atoms with Crippen LogP contribution in [0.1, 0.15) is 159 Å². The molecule has 1 saturated heterocycles. The van der Waals surface area contributed by atoms with Gasteiger partial charge in [-0.1, -0.05) is 81.2 Å². The summed E-state index contributed by atoms with van der Waals surface area (Å²) in [5.41, 5.74) is 5.94. The third kappa shape index (κ3) is 7.20. The number of allylic oxidation sites excluding steroid dienone is 1. The zero-order chi connectivity index (χ0) is 38.3. The quantitative estimate of drug-likeness (QED) is 0.139. The zero-order valence-corrected chi connectivity index (χ0v) is 34.1. The fraction of sp³-hybridized carbons (Fsp3) is 0.884. The maximum absolute atomic E-state index is 14.3. The molecule has 5 rings (SSSR count). The molecule has 51 heavy (non-hydrogen) atoms. The lowest BCUT2D eigenvalue weighted by atomic mass is 9.34. The minimum Gasteiger partial charge on any atom is -0.481 e. The average molecular weight is 714 g/mol. The van der Waals surface area contributed by atoms with Crippen molar-refractivity contribution in [2.75, 3.05) is 13.1 Å². The van der Waals surface area contributed by atoms with Crippen LogP contribution in [0.5, 0.6) is 0 Å². The van der Waals surface area contributed by atoms with Crippen LogP contribution in [0.3, 0.4) is 0 Å². The van der Waals surface area contributed by atoms with Crippen molar-refractivity contribution >= 4 is 17.8 Å². The van der Waals surface area contributed by atoms with Crippen LogP contribution in [0.2, 0.25) is 0 Å². The van der Waals surface area contributed by atoms with E-state index in [9.17, 15) is 19.5 Å². The van der Waals surface area contributed by atoms with Gasteiger partial charge in [-0.05, 0) is 124 Å². The highest BCUT2D eigenvalue weighted by Gasteiger charge is 2.71. The van der Waals surface area contributed by atoms with E-state index in [1.165, 1.54) is 0 Å². The van der Waals surface area contributed by atoms with E-state index in [-0.39, 0.29) is 64.4 Å². The molecule has 0 aromatic rings. The van der Waals surface area contributed by atoms with Gasteiger partial charge in [0.25, 0.3) is 0 Å². The Bertz CT molecular complexity index is 1290. The number of hydrogen-bond donors (Lipinski definition) is 4. The summed E-state index contributed by atoms with van der Waals surface area (Å²) in [5.74, 6) is 0.130. The fourth-order valence-corrected chi connectivity index (χ4v) is 13.3. The molecule has 4 saturated carbocycles. The second kappa shape index (κ2) is 15.1. The number of nitrogens with two attached hydrogens (primary N) is 1. The number of aliphatic carboxylic acids is 1. The Kier molecular flexibility index (Phi) is 12.4. The predicted molar refractivity (Wildman–Crippen MR) is 206 cm³/mol. The summed E-state index contributed by atoms with van der Waals surface area (Å²) in [6.45, 7) is 27.8. The number of carboxylic acid groups (broad SMARTS) is 1. The first-order chi connectivity index (χ1) is 23.6. The maximum Gasteiger partial charge on any atom is 0.306 e. The summed E-state index contributed by atoms with van der Waals surface area (Å²) in [6, 6.07) is 0.243. The third-order valence-corrected chi connectivity index (χ3v) is 16.2. The first kappa shape index (κ1) is 41.8. The van der Waals surface area contributed by atoms with Crippen LogP contribution >= 0.6 is 0 Å². The van der Waals surface area contributed by atoms with Gasteiger partial charge in [-0.3, -0.25) is 14.4 Å². The topological polar surface area (TPSA) is 131 Å². The number of esters is 1. The van der Waals surface area contributed by atoms with Crippen molar-refractivity contribution in [3.05, 3.63) is 12.7 Å². The van der Waals surface area contributed by atoms with Gasteiger partial charge in [0, 0.05) is 17.0 Å². The van der Waals surface area contributed by atoms with E-state index in [2.05, 4.69) is 65.7 Å². The number of carbonyl (C=O) groups is 3. The van der Waals surface area contributed by atoms with Crippen molar-refractivity contribution in [2.45, 2.75) is 177 Å². The Balaban J connectivity index is 0.00000188. The number of fused-ring (bicyclic) bond motifs is 2. The van der Waals surface area contributed by atoms with Gasteiger partial charge in [-0.2, -0.15) is 0 Å². The molecule has 292 valence electrons. The lowest BCUT2D eigenvalue weighted by Gasteiger charge is -2.71. The maximum atomic E-state index is 14.3. The van der Waals surface area contributed by atoms with Crippen LogP contribution < -0.4 is 16.4 Å². The van der Waals surface area contributed by atoms with Crippen LogP contribution in [0.4, 0.5) is 0 Å². The third-order valence-electron chi connectivity index (χ3n) is 16.2. The van der Waals surface area contributed by atoms with Crippen LogP contribution in [-0.2, 0) is 19.1 Å². The molecule has 0 spiro atoms. The van der Waals surface area contributed by atoms with E-state index in [0.717, 1.165) is 90.1 Å². The Labute approximate surface area is 310 Å². The first-order valence-corrected chi connectivity index (χ1v) is 20.4. The molecule has 9 atom stereocenters. The highest BCUT2D eigenvalue weighted by molar-refractivity contribution is 5.85. The molecule has 7 unspecified atom stereocenters.